The van der Waals surface area contributed by atoms with Gasteiger partial charge in [0.2, 0.25) is 0 Å². The van der Waals surface area contributed by atoms with Crippen LogP contribution in [0.3, 0.4) is 0 Å². The van der Waals surface area contributed by atoms with E-state index in [9.17, 15) is 13.6 Å². The summed E-state index contributed by atoms with van der Waals surface area (Å²) in [7, 11) is 0. The molecule has 0 aromatic heterocycles. The zero-order valence-corrected chi connectivity index (χ0v) is 13.4. The Morgan fingerprint density at radius 1 is 1.35 bits per heavy atom. The van der Waals surface area contributed by atoms with E-state index in [0.29, 0.717) is 10.1 Å². The molecule has 1 aromatic carbocycles. The largest absolute Gasteiger partial charge is 0.351 e. The smallest absolute Gasteiger partial charge is 0.252 e. The lowest BCUT2D eigenvalue weighted by atomic mass is 9.81. The van der Waals surface area contributed by atoms with E-state index in [1.807, 2.05) is 22.6 Å². The summed E-state index contributed by atoms with van der Waals surface area (Å²) >= 11 is 1.84. The first-order valence-electron chi connectivity index (χ1n) is 6.55. The Hall–Kier alpha value is -0.760. The molecular weight excluding hydrogens is 377 g/mol. The molecule has 20 heavy (non-hydrogen) atoms. The number of halogens is 3. The van der Waals surface area contributed by atoms with Crippen molar-refractivity contribution in [3.8, 4) is 0 Å². The van der Waals surface area contributed by atoms with Gasteiger partial charge >= 0.3 is 0 Å². The van der Waals surface area contributed by atoms with Crippen molar-refractivity contribution in [2.24, 2.45) is 5.41 Å². The first-order valence-corrected chi connectivity index (χ1v) is 7.63. The van der Waals surface area contributed by atoms with Crippen LogP contribution in [0.25, 0.3) is 0 Å². The van der Waals surface area contributed by atoms with Gasteiger partial charge in [-0.1, -0.05) is 6.92 Å². The van der Waals surface area contributed by atoms with E-state index in [1.54, 1.807) is 0 Å². The van der Waals surface area contributed by atoms with Crippen molar-refractivity contribution in [1.82, 2.24) is 10.6 Å². The van der Waals surface area contributed by atoms with Gasteiger partial charge in [-0.15, -0.1) is 0 Å². The molecule has 1 aliphatic rings. The second-order valence-corrected chi connectivity index (χ2v) is 6.65. The molecule has 0 saturated carbocycles. The summed E-state index contributed by atoms with van der Waals surface area (Å²) in [4.78, 5) is 12.1. The van der Waals surface area contributed by atoms with E-state index >= 15 is 0 Å². The lowest BCUT2D eigenvalue weighted by molar-refractivity contribution is 0.0921. The SMILES string of the molecule is CC1(CNC(=O)c2cc(F)c(F)cc2I)CCNCC1. The molecule has 0 spiro atoms. The van der Waals surface area contributed by atoms with Gasteiger partial charge in [-0.2, -0.15) is 0 Å². The number of piperidine rings is 1. The minimum Gasteiger partial charge on any atom is -0.351 e. The Balaban J connectivity index is 2.03. The Kier molecular flexibility index (Phi) is 4.95. The lowest BCUT2D eigenvalue weighted by Gasteiger charge is -2.34. The second kappa shape index (κ2) is 6.34. The molecule has 0 atom stereocenters. The van der Waals surface area contributed by atoms with Gasteiger partial charge in [-0.05, 0) is 66.1 Å². The fraction of sp³-hybridized carbons (Fsp3) is 0.500. The lowest BCUT2D eigenvalue weighted by Crippen LogP contribution is -2.43. The van der Waals surface area contributed by atoms with Gasteiger partial charge in [0, 0.05) is 10.1 Å². The predicted octanol–water partition coefficient (Wildman–Crippen LogP) is 2.69. The van der Waals surface area contributed by atoms with Gasteiger partial charge in [-0.25, -0.2) is 8.78 Å². The molecule has 2 rings (SSSR count). The van der Waals surface area contributed by atoms with E-state index in [-0.39, 0.29) is 16.9 Å². The molecule has 110 valence electrons. The predicted molar refractivity (Wildman–Crippen MR) is 81.6 cm³/mol. The van der Waals surface area contributed by atoms with Gasteiger partial charge in [-0.3, -0.25) is 4.79 Å². The average Bonchev–Trinajstić information content (AvgIpc) is 2.41. The van der Waals surface area contributed by atoms with E-state index in [0.717, 1.165) is 38.1 Å². The Labute approximate surface area is 130 Å². The highest BCUT2D eigenvalue weighted by atomic mass is 127. The first kappa shape index (κ1) is 15.6. The summed E-state index contributed by atoms with van der Waals surface area (Å²) in [5.41, 5.74) is 0.243. The minimum absolute atomic E-state index is 0.0604. The molecule has 1 fully saturated rings. The molecule has 1 amide bonds. The highest BCUT2D eigenvalue weighted by Gasteiger charge is 2.27. The standard InChI is InChI=1S/C14H17F2IN2O/c1-14(2-4-18-5-3-14)8-19-13(20)9-6-10(15)11(16)7-12(9)17/h6-7,18H,2-5,8H2,1H3,(H,19,20). The molecule has 0 unspecified atom stereocenters. The zero-order chi connectivity index (χ0) is 14.8. The third-order valence-corrected chi connectivity index (χ3v) is 4.63. The Bertz CT molecular complexity index is 516. The molecule has 0 radical (unpaired) electrons. The normalized spacial score (nSPS) is 17.8. The third kappa shape index (κ3) is 3.66. The van der Waals surface area contributed by atoms with Crippen LogP contribution >= 0.6 is 22.6 Å². The van der Waals surface area contributed by atoms with E-state index in [1.165, 1.54) is 0 Å². The van der Waals surface area contributed by atoms with E-state index in [4.69, 9.17) is 0 Å². The molecule has 3 nitrogen and oxygen atoms in total. The fourth-order valence-electron chi connectivity index (χ4n) is 2.29. The van der Waals surface area contributed by atoms with E-state index in [2.05, 4.69) is 17.6 Å². The summed E-state index contributed by atoms with van der Waals surface area (Å²) < 4.78 is 26.7. The second-order valence-electron chi connectivity index (χ2n) is 5.49. The molecular formula is C14H17F2IN2O. The molecule has 6 heteroatoms. The summed E-state index contributed by atoms with van der Waals surface area (Å²) in [6, 6.07) is 1.99. The number of carbonyl (C=O) groups excluding carboxylic acids is 1. The number of benzene rings is 1. The number of hydrogen-bond acceptors (Lipinski definition) is 2. The van der Waals surface area contributed by atoms with Crippen LogP contribution in [0.2, 0.25) is 0 Å². The molecule has 1 heterocycles. The maximum atomic E-state index is 13.2. The molecule has 0 aliphatic carbocycles. The van der Waals surface area contributed by atoms with Crippen LogP contribution < -0.4 is 10.6 Å². The van der Waals surface area contributed by atoms with Gasteiger partial charge < -0.3 is 10.6 Å². The van der Waals surface area contributed by atoms with Crippen molar-refractivity contribution < 1.29 is 13.6 Å². The quantitative estimate of drug-likeness (QED) is 0.612. The van der Waals surface area contributed by atoms with Crippen LogP contribution in [-0.2, 0) is 0 Å². The van der Waals surface area contributed by atoms with Crippen molar-refractivity contribution in [3.05, 3.63) is 32.9 Å². The van der Waals surface area contributed by atoms with Gasteiger partial charge in [0.05, 0.1) is 5.56 Å². The molecule has 1 saturated heterocycles. The minimum atomic E-state index is -0.997. The number of hydrogen-bond donors (Lipinski definition) is 2. The Morgan fingerprint density at radius 2 is 1.95 bits per heavy atom. The first-order chi connectivity index (χ1) is 9.41. The van der Waals surface area contributed by atoms with Crippen LogP contribution in [0.15, 0.2) is 12.1 Å². The summed E-state index contributed by atoms with van der Waals surface area (Å²) in [5.74, 6) is -2.28. The van der Waals surface area contributed by atoms with Crippen LogP contribution in [0.4, 0.5) is 8.78 Å². The third-order valence-electron chi connectivity index (χ3n) is 3.74. The van der Waals surface area contributed by atoms with Crippen molar-refractivity contribution in [2.75, 3.05) is 19.6 Å². The molecule has 1 aromatic rings. The maximum absolute atomic E-state index is 13.2. The average molecular weight is 394 g/mol. The summed E-state index contributed by atoms with van der Waals surface area (Å²) in [6.07, 6.45) is 1.98. The molecule has 2 N–H and O–H groups in total. The van der Waals surface area contributed by atoms with Crippen LogP contribution in [0, 0.1) is 20.6 Å². The van der Waals surface area contributed by atoms with Crippen molar-refractivity contribution in [1.29, 1.82) is 0 Å². The van der Waals surface area contributed by atoms with Crippen LogP contribution in [-0.4, -0.2) is 25.5 Å². The van der Waals surface area contributed by atoms with Crippen LogP contribution in [0.1, 0.15) is 30.1 Å². The van der Waals surface area contributed by atoms with Crippen molar-refractivity contribution in [2.45, 2.75) is 19.8 Å². The highest BCUT2D eigenvalue weighted by Crippen LogP contribution is 2.27. The number of carbonyl (C=O) groups is 1. The molecule has 1 aliphatic heterocycles. The van der Waals surface area contributed by atoms with Crippen molar-refractivity contribution in [3.63, 3.8) is 0 Å². The summed E-state index contributed by atoms with van der Waals surface area (Å²) in [6.45, 7) is 4.55. The number of amides is 1. The van der Waals surface area contributed by atoms with Gasteiger partial charge in [0.1, 0.15) is 0 Å². The van der Waals surface area contributed by atoms with Crippen LogP contribution in [0.5, 0.6) is 0 Å². The monoisotopic (exact) mass is 394 g/mol. The topological polar surface area (TPSA) is 41.1 Å². The fourth-order valence-corrected chi connectivity index (χ4v) is 2.97. The number of nitrogens with one attached hydrogen (secondary N) is 2. The highest BCUT2D eigenvalue weighted by molar-refractivity contribution is 14.1. The molecule has 0 bridgehead atoms. The van der Waals surface area contributed by atoms with Gasteiger partial charge in [0.25, 0.3) is 5.91 Å². The summed E-state index contributed by atoms with van der Waals surface area (Å²) in [5, 5.41) is 6.11. The number of rotatable bonds is 3. The van der Waals surface area contributed by atoms with E-state index < -0.39 is 11.6 Å². The Morgan fingerprint density at radius 3 is 2.60 bits per heavy atom. The zero-order valence-electron chi connectivity index (χ0n) is 11.2. The van der Waals surface area contributed by atoms with Crippen molar-refractivity contribution >= 4 is 28.5 Å². The van der Waals surface area contributed by atoms with Gasteiger partial charge in [0.15, 0.2) is 11.6 Å². The maximum Gasteiger partial charge on any atom is 0.252 e.